The van der Waals surface area contributed by atoms with Crippen LogP contribution in [0, 0.1) is 0 Å². The van der Waals surface area contributed by atoms with Crippen molar-refractivity contribution in [3.05, 3.63) is 0 Å². The van der Waals surface area contributed by atoms with Crippen molar-refractivity contribution in [3.8, 4) is 0 Å². The summed E-state index contributed by atoms with van der Waals surface area (Å²) in [5, 5.41) is 3.18. The fourth-order valence-electron chi connectivity index (χ4n) is 2.12. The summed E-state index contributed by atoms with van der Waals surface area (Å²) in [7, 11) is -2.99. The molecule has 1 fully saturated rings. The Morgan fingerprint density at radius 2 is 1.88 bits per heavy atom. The molecular formula is C11H21NO4S. The standard InChI is InChI=1S/C11H21NO4S/c1-4-16-10(13)11(12-9(2)3)5-7-17(14,15)8-6-11/h9,12H,4-8H2,1-3H3. The minimum Gasteiger partial charge on any atom is -0.465 e. The van der Waals surface area contributed by atoms with E-state index in [4.69, 9.17) is 4.74 Å². The lowest BCUT2D eigenvalue weighted by molar-refractivity contribution is -0.152. The van der Waals surface area contributed by atoms with Crippen molar-refractivity contribution in [2.45, 2.75) is 45.2 Å². The first-order valence-corrected chi connectivity index (χ1v) is 7.79. The molecule has 0 aromatic rings. The van der Waals surface area contributed by atoms with Crippen LogP contribution in [-0.4, -0.2) is 44.1 Å². The van der Waals surface area contributed by atoms with Gasteiger partial charge in [0.1, 0.15) is 15.4 Å². The highest BCUT2D eigenvalue weighted by Gasteiger charge is 2.44. The van der Waals surface area contributed by atoms with Crippen LogP contribution >= 0.6 is 0 Å². The Balaban J connectivity index is 2.85. The van der Waals surface area contributed by atoms with Crippen molar-refractivity contribution in [1.29, 1.82) is 0 Å². The second-order valence-corrected chi connectivity index (χ2v) is 7.06. The lowest BCUT2D eigenvalue weighted by Gasteiger charge is -2.37. The van der Waals surface area contributed by atoms with Gasteiger partial charge in [-0.1, -0.05) is 0 Å². The van der Waals surface area contributed by atoms with Crippen molar-refractivity contribution >= 4 is 15.8 Å². The Kier molecular flexibility index (Phi) is 4.55. The Labute approximate surface area is 103 Å². The maximum Gasteiger partial charge on any atom is 0.326 e. The molecule has 1 N–H and O–H groups in total. The molecule has 0 spiro atoms. The molecule has 1 rings (SSSR count). The van der Waals surface area contributed by atoms with Crippen LogP contribution in [0.1, 0.15) is 33.6 Å². The quantitative estimate of drug-likeness (QED) is 0.748. The molecule has 0 radical (unpaired) electrons. The van der Waals surface area contributed by atoms with Gasteiger partial charge in [0.05, 0.1) is 18.1 Å². The van der Waals surface area contributed by atoms with Gasteiger partial charge in [0.2, 0.25) is 0 Å². The van der Waals surface area contributed by atoms with Gasteiger partial charge in [0, 0.05) is 6.04 Å². The second kappa shape index (κ2) is 5.35. The van der Waals surface area contributed by atoms with E-state index >= 15 is 0 Å². The number of nitrogens with one attached hydrogen (secondary N) is 1. The molecular weight excluding hydrogens is 242 g/mol. The number of ether oxygens (including phenoxy) is 1. The first-order valence-electron chi connectivity index (χ1n) is 5.97. The van der Waals surface area contributed by atoms with Crippen LogP contribution in [0.3, 0.4) is 0 Å². The van der Waals surface area contributed by atoms with Crippen molar-refractivity contribution in [2.24, 2.45) is 0 Å². The summed E-state index contributed by atoms with van der Waals surface area (Å²) in [6, 6.07) is 0.111. The number of esters is 1. The predicted molar refractivity (Wildman–Crippen MR) is 65.5 cm³/mol. The molecule has 5 nitrogen and oxygen atoms in total. The molecule has 6 heteroatoms. The number of rotatable bonds is 4. The average Bonchev–Trinajstić information content (AvgIpc) is 2.21. The first-order chi connectivity index (χ1) is 7.81. The smallest absolute Gasteiger partial charge is 0.326 e. The summed E-state index contributed by atoms with van der Waals surface area (Å²) in [5.41, 5.74) is -0.824. The van der Waals surface area contributed by atoms with E-state index in [9.17, 15) is 13.2 Å². The van der Waals surface area contributed by atoms with Gasteiger partial charge in [-0.05, 0) is 33.6 Å². The normalized spacial score (nSPS) is 22.4. The van der Waals surface area contributed by atoms with Crippen LogP contribution < -0.4 is 5.32 Å². The zero-order valence-electron chi connectivity index (χ0n) is 10.7. The molecule has 0 atom stereocenters. The fraction of sp³-hybridized carbons (Fsp3) is 0.909. The van der Waals surface area contributed by atoms with Crippen LogP contribution in [0.15, 0.2) is 0 Å². The SMILES string of the molecule is CCOC(=O)C1(NC(C)C)CCS(=O)(=O)CC1. The zero-order chi connectivity index (χ0) is 13.1. The van der Waals surface area contributed by atoms with Gasteiger partial charge >= 0.3 is 5.97 Å². The van der Waals surface area contributed by atoms with Gasteiger partial charge in [0.15, 0.2) is 0 Å². The maximum atomic E-state index is 12.0. The van der Waals surface area contributed by atoms with E-state index in [1.165, 1.54) is 0 Å². The summed E-state index contributed by atoms with van der Waals surface area (Å²) in [5.74, 6) is -0.236. The molecule has 1 aliphatic rings. The number of hydrogen-bond acceptors (Lipinski definition) is 5. The lowest BCUT2D eigenvalue weighted by Crippen LogP contribution is -2.59. The largest absolute Gasteiger partial charge is 0.465 e. The number of carbonyl (C=O) groups is 1. The van der Waals surface area contributed by atoms with Gasteiger partial charge in [-0.3, -0.25) is 10.1 Å². The van der Waals surface area contributed by atoms with Crippen LogP contribution in [0.4, 0.5) is 0 Å². The fourth-order valence-corrected chi connectivity index (χ4v) is 3.64. The summed E-state index contributed by atoms with van der Waals surface area (Å²) in [4.78, 5) is 12.0. The Hall–Kier alpha value is -0.620. The van der Waals surface area contributed by atoms with E-state index in [0.717, 1.165) is 0 Å². The highest BCUT2D eigenvalue weighted by Crippen LogP contribution is 2.26. The van der Waals surface area contributed by atoms with Crippen molar-refractivity contribution in [2.75, 3.05) is 18.1 Å². The van der Waals surface area contributed by atoms with Gasteiger partial charge in [-0.25, -0.2) is 8.42 Å². The van der Waals surface area contributed by atoms with Crippen LogP contribution in [-0.2, 0) is 19.4 Å². The molecule has 0 aliphatic carbocycles. The van der Waals surface area contributed by atoms with Crippen molar-refractivity contribution in [3.63, 3.8) is 0 Å². The molecule has 100 valence electrons. The number of carbonyl (C=O) groups excluding carboxylic acids is 1. The van der Waals surface area contributed by atoms with Crippen LogP contribution in [0.2, 0.25) is 0 Å². The molecule has 0 unspecified atom stereocenters. The lowest BCUT2D eigenvalue weighted by atomic mass is 9.91. The molecule has 0 amide bonds. The van der Waals surface area contributed by atoms with Crippen LogP contribution in [0.25, 0.3) is 0 Å². The van der Waals surface area contributed by atoms with Gasteiger partial charge < -0.3 is 4.74 Å². The van der Waals surface area contributed by atoms with E-state index in [-0.39, 0.29) is 23.5 Å². The molecule has 1 aliphatic heterocycles. The molecule has 1 saturated heterocycles. The Morgan fingerprint density at radius 1 is 1.35 bits per heavy atom. The summed E-state index contributed by atoms with van der Waals surface area (Å²) in [6.45, 7) is 5.93. The van der Waals surface area contributed by atoms with Crippen LogP contribution in [0.5, 0.6) is 0 Å². The molecule has 1 heterocycles. The average molecular weight is 263 g/mol. The monoisotopic (exact) mass is 263 g/mol. The first kappa shape index (κ1) is 14.4. The Bertz CT molecular complexity index is 361. The Morgan fingerprint density at radius 3 is 2.29 bits per heavy atom. The summed E-state index contributed by atoms with van der Waals surface area (Å²) in [6.07, 6.45) is 0.596. The maximum absolute atomic E-state index is 12.0. The molecule has 0 bridgehead atoms. The molecule has 17 heavy (non-hydrogen) atoms. The van der Waals surface area contributed by atoms with Gasteiger partial charge in [0.25, 0.3) is 0 Å². The molecule has 0 aromatic heterocycles. The number of hydrogen-bond donors (Lipinski definition) is 1. The molecule has 0 saturated carbocycles. The van der Waals surface area contributed by atoms with Gasteiger partial charge in [-0.15, -0.1) is 0 Å². The topological polar surface area (TPSA) is 72.5 Å². The van der Waals surface area contributed by atoms with Gasteiger partial charge in [-0.2, -0.15) is 0 Å². The van der Waals surface area contributed by atoms with Crippen molar-refractivity contribution in [1.82, 2.24) is 5.32 Å². The van der Waals surface area contributed by atoms with E-state index in [1.54, 1.807) is 6.92 Å². The minimum atomic E-state index is -2.99. The number of sulfone groups is 1. The van der Waals surface area contributed by atoms with E-state index in [2.05, 4.69) is 5.32 Å². The van der Waals surface area contributed by atoms with Crippen molar-refractivity contribution < 1.29 is 17.9 Å². The van der Waals surface area contributed by atoms with E-state index in [0.29, 0.717) is 19.4 Å². The minimum absolute atomic E-state index is 0.0472. The second-order valence-electron chi connectivity index (χ2n) is 4.75. The van der Waals surface area contributed by atoms with E-state index < -0.39 is 15.4 Å². The third-order valence-corrected chi connectivity index (χ3v) is 4.56. The zero-order valence-corrected chi connectivity index (χ0v) is 11.5. The summed E-state index contributed by atoms with van der Waals surface area (Å²) >= 11 is 0. The summed E-state index contributed by atoms with van der Waals surface area (Å²) < 4.78 is 27.9. The third-order valence-electron chi connectivity index (χ3n) is 2.91. The predicted octanol–water partition coefficient (Wildman–Crippen LogP) is 0.495. The van der Waals surface area contributed by atoms with E-state index in [1.807, 2.05) is 13.8 Å². The third kappa shape index (κ3) is 3.67. The highest BCUT2D eigenvalue weighted by atomic mass is 32.2. The molecule has 0 aromatic carbocycles. The highest BCUT2D eigenvalue weighted by molar-refractivity contribution is 7.91.